The van der Waals surface area contributed by atoms with Gasteiger partial charge in [-0.25, -0.2) is 0 Å². The Hall–Kier alpha value is -2.29. The lowest BCUT2D eigenvalue weighted by molar-refractivity contribution is 0.101. The van der Waals surface area contributed by atoms with Crippen LogP contribution in [0.25, 0.3) is 0 Å². The van der Waals surface area contributed by atoms with Crippen molar-refractivity contribution in [1.29, 1.82) is 0 Å². The number of benzene rings is 2. The lowest BCUT2D eigenvalue weighted by Gasteiger charge is -2.27. The van der Waals surface area contributed by atoms with Gasteiger partial charge in [-0.3, -0.25) is 4.79 Å². The number of carbonyl (C=O) groups excluding carboxylic acids is 1. The molecule has 0 fully saturated rings. The number of fused-ring (bicyclic) bond motifs is 1. The first-order chi connectivity index (χ1) is 9.66. The van der Waals surface area contributed by atoms with Gasteiger partial charge in [0.05, 0.1) is 5.56 Å². The molecule has 1 aliphatic heterocycles. The van der Waals surface area contributed by atoms with Crippen LogP contribution in [0.3, 0.4) is 0 Å². The standard InChI is InChI=1S/C17H16O3/c1-11(18)13-7-10-16-14(17(13)19)8-9-15(20-16)12-5-3-2-4-6-12/h2-7,10,15,19H,8-9H2,1H3. The topological polar surface area (TPSA) is 46.5 Å². The van der Waals surface area contributed by atoms with Crippen molar-refractivity contribution in [2.75, 3.05) is 0 Å². The van der Waals surface area contributed by atoms with E-state index in [1.54, 1.807) is 12.1 Å². The number of Topliss-reactive ketones (excluding diaryl/α,β-unsaturated/α-hetero) is 1. The molecule has 0 amide bonds. The Morgan fingerprint density at radius 2 is 1.95 bits per heavy atom. The molecule has 0 saturated carbocycles. The third-order valence-corrected chi connectivity index (χ3v) is 3.72. The number of aromatic hydroxyl groups is 1. The minimum absolute atomic E-state index is 0.00581. The molecule has 20 heavy (non-hydrogen) atoms. The Labute approximate surface area is 117 Å². The Bertz CT molecular complexity index is 647. The van der Waals surface area contributed by atoms with E-state index in [0.29, 0.717) is 17.7 Å². The van der Waals surface area contributed by atoms with Gasteiger partial charge in [-0.15, -0.1) is 0 Å². The second kappa shape index (κ2) is 5.00. The lowest BCUT2D eigenvalue weighted by atomic mass is 9.94. The van der Waals surface area contributed by atoms with Crippen LogP contribution in [-0.2, 0) is 6.42 Å². The van der Waals surface area contributed by atoms with Gasteiger partial charge in [0.15, 0.2) is 5.78 Å². The van der Waals surface area contributed by atoms with Crippen molar-refractivity contribution in [2.24, 2.45) is 0 Å². The molecule has 0 radical (unpaired) electrons. The second-order valence-corrected chi connectivity index (χ2v) is 5.05. The highest BCUT2D eigenvalue weighted by molar-refractivity contribution is 5.97. The highest BCUT2D eigenvalue weighted by Gasteiger charge is 2.25. The minimum atomic E-state index is -0.129. The van der Waals surface area contributed by atoms with Gasteiger partial charge < -0.3 is 9.84 Å². The van der Waals surface area contributed by atoms with E-state index < -0.39 is 0 Å². The zero-order valence-corrected chi connectivity index (χ0v) is 11.3. The number of hydrogen-bond donors (Lipinski definition) is 1. The van der Waals surface area contributed by atoms with Crippen LogP contribution in [0.5, 0.6) is 11.5 Å². The molecule has 0 spiro atoms. The first-order valence-corrected chi connectivity index (χ1v) is 6.74. The molecule has 2 aromatic carbocycles. The average Bonchev–Trinajstić information content (AvgIpc) is 2.48. The summed E-state index contributed by atoms with van der Waals surface area (Å²) in [6, 6.07) is 13.4. The third kappa shape index (κ3) is 2.16. The number of hydrogen-bond acceptors (Lipinski definition) is 3. The number of rotatable bonds is 2. The smallest absolute Gasteiger partial charge is 0.163 e. The summed E-state index contributed by atoms with van der Waals surface area (Å²) in [5.41, 5.74) is 2.24. The molecule has 3 heteroatoms. The molecule has 1 N–H and O–H groups in total. The third-order valence-electron chi connectivity index (χ3n) is 3.72. The molecule has 2 aromatic rings. The van der Waals surface area contributed by atoms with Crippen molar-refractivity contribution in [2.45, 2.75) is 25.9 Å². The highest BCUT2D eigenvalue weighted by atomic mass is 16.5. The number of ether oxygens (including phenoxy) is 1. The van der Waals surface area contributed by atoms with E-state index in [1.807, 2.05) is 30.3 Å². The molecule has 0 saturated heterocycles. The highest BCUT2D eigenvalue weighted by Crippen LogP contribution is 2.40. The Morgan fingerprint density at radius 1 is 1.20 bits per heavy atom. The van der Waals surface area contributed by atoms with E-state index in [1.165, 1.54) is 6.92 Å². The first kappa shape index (κ1) is 12.7. The fourth-order valence-electron chi connectivity index (χ4n) is 2.64. The average molecular weight is 268 g/mol. The van der Waals surface area contributed by atoms with Gasteiger partial charge >= 0.3 is 0 Å². The van der Waals surface area contributed by atoms with Crippen molar-refractivity contribution in [3.63, 3.8) is 0 Å². The van der Waals surface area contributed by atoms with Crippen LogP contribution in [0, 0.1) is 0 Å². The summed E-state index contributed by atoms with van der Waals surface area (Å²) in [6.45, 7) is 1.46. The van der Waals surface area contributed by atoms with E-state index in [0.717, 1.165) is 17.5 Å². The van der Waals surface area contributed by atoms with Crippen molar-refractivity contribution >= 4 is 5.78 Å². The molecule has 1 unspecified atom stereocenters. The number of phenols is 1. The predicted octanol–water partition coefficient (Wildman–Crippen LogP) is 3.66. The van der Waals surface area contributed by atoms with Crippen molar-refractivity contribution in [3.8, 4) is 11.5 Å². The fourth-order valence-corrected chi connectivity index (χ4v) is 2.64. The summed E-state index contributed by atoms with van der Waals surface area (Å²) in [7, 11) is 0. The Balaban J connectivity index is 1.93. The molecule has 0 bridgehead atoms. The van der Waals surface area contributed by atoms with Gasteiger partial charge in [0.2, 0.25) is 0 Å². The maximum atomic E-state index is 11.4. The number of ketones is 1. The first-order valence-electron chi connectivity index (χ1n) is 6.74. The monoisotopic (exact) mass is 268 g/mol. The van der Waals surface area contributed by atoms with Crippen molar-refractivity contribution in [3.05, 3.63) is 59.2 Å². The van der Waals surface area contributed by atoms with Crippen molar-refractivity contribution in [1.82, 2.24) is 0 Å². The Kier molecular flexibility index (Phi) is 3.18. The lowest BCUT2D eigenvalue weighted by Crippen LogP contribution is -2.15. The molecular weight excluding hydrogens is 252 g/mol. The number of phenolic OH excluding ortho intramolecular Hbond substituents is 1. The van der Waals surface area contributed by atoms with Crippen LogP contribution in [0.1, 0.15) is 40.9 Å². The molecule has 1 heterocycles. The zero-order chi connectivity index (χ0) is 14.1. The summed E-state index contributed by atoms with van der Waals surface area (Å²) in [5.74, 6) is 0.615. The molecule has 3 nitrogen and oxygen atoms in total. The van der Waals surface area contributed by atoms with Gasteiger partial charge in [-0.05, 0) is 37.5 Å². The molecule has 0 aromatic heterocycles. The maximum Gasteiger partial charge on any atom is 0.163 e. The van der Waals surface area contributed by atoms with Crippen LogP contribution in [0.2, 0.25) is 0 Å². The summed E-state index contributed by atoms with van der Waals surface area (Å²) < 4.78 is 5.96. The molecule has 102 valence electrons. The second-order valence-electron chi connectivity index (χ2n) is 5.05. The Morgan fingerprint density at radius 3 is 2.65 bits per heavy atom. The van der Waals surface area contributed by atoms with E-state index in [9.17, 15) is 9.90 Å². The molecule has 0 aliphatic carbocycles. The zero-order valence-electron chi connectivity index (χ0n) is 11.3. The van der Waals surface area contributed by atoms with Crippen molar-refractivity contribution < 1.29 is 14.6 Å². The van der Waals surface area contributed by atoms with Crippen LogP contribution in [-0.4, -0.2) is 10.9 Å². The predicted molar refractivity (Wildman–Crippen MR) is 76.2 cm³/mol. The van der Waals surface area contributed by atoms with Gasteiger partial charge in [0.25, 0.3) is 0 Å². The summed E-state index contributed by atoms with van der Waals surface area (Å²) in [4.78, 5) is 11.4. The quantitative estimate of drug-likeness (QED) is 0.845. The molecule has 1 aliphatic rings. The minimum Gasteiger partial charge on any atom is -0.507 e. The number of carbonyl (C=O) groups is 1. The van der Waals surface area contributed by atoms with E-state index in [4.69, 9.17) is 4.74 Å². The SMILES string of the molecule is CC(=O)c1ccc2c(c1O)CCC(c1ccccc1)O2. The summed E-state index contributed by atoms with van der Waals surface area (Å²) >= 11 is 0. The van der Waals surface area contributed by atoms with Gasteiger partial charge in [0, 0.05) is 5.56 Å². The van der Waals surface area contributed by atoms with Crippen LogP contribution in [0.15, 0.2) is 42.5 Å². The van der Waals surface area contributed by atoms with Crippen LogP contribution < -0.4 is 4.74 Å². The molecule has 3 rings (SSSR count). The van der Waals surface area contributed by atoms with Gasteiger partial charge in [-0.1, -0.05) is 30.3 Å². The van der Waals surface area contributed by atoms with E-state index in [-0.39, 0.29) is 17.6 Å². The maximum absolute atomic E-state index is 11.4. The summed E-state index contributed by atoms with van der Waals surface area (Å²) in [5, 5.41) is 10.2. The molecular formula is C17H16O3. The van der Waals surface area contributed by atoms with Crippen LogP contribution >= 0.6 is 0 Å². The summed E-state index contributed by atoms with van der Waals surface area (Å²) in [6.07, 6.45) is 1.51. The van der Waals surface area contributed by atoms with E-state index in [2.05, 4.69) is 0 Å². The van der Waals surface area contributed by atoms with E-state index >= 15 is 0 Å². The van der Waals surface area contributed by atoms with Crippen LogP contribution in [0.4, 0.5) is 0 Å². The largest absolute Gasteiger partial charge is 0.507 e. The fraction of sp³-hybridized carbons (Fsp3) is 0.235. The van der Waals surface area contributed by atoms with Gasteiger partial charge in [0.1, 0.15) is 17.6 Å². The normalized spacial score (nSPS) is 17.1. The van der Waals surface area contributed by atoms with Gasteiger partial charge in [-0.2, -0.15) is 0 Å². The molecule has 1 atom stereocenters.